The summed E-state index contributed by atoms with van der Waals surface area (Å²) in [7, 11) is 0. The number of pyridine rings is 1. The molecule has 2 N–H and O–H groups in total. The Morgan fingerprint density at radius 1 is 1.14 bits per heavy atom. The van der Waals surface area contributed by atoms with Gasteiger partial charge in [-0.3, -0.25) is 14.6 Å². The number of halogens is 1. The minimum Gasteiger partial charge on any atom is -0.396 e. The SMILES string of the molecule is Cc1cc(C)cc(CNC(=O)[C@H]2C(c3ccc(F)cc3)c3ccncc3C(=O)N2CC(C)CO)c1. The first kappa shape index (κ1) is 24.5. The van der Waals surface area contributed by atoms with E-state index in [0.717, 1.165) is 22.3 Å². The molecular weight excluding hydrogens is 445 g/mol. The molecular formula is C28H30FN3O3. The number of rotatable bonds is 7. The molecule has 2 heterocycles. The number of hydrogen-bond acceptors (Lipinski definition) is 4. The Kier molecular flexibility index (Phi) is 7.26. The third-order valence-corrected chi connectivity index (χ3v) is 6.40. The van der Waals surface area contributed by atoms with Crippen molar-refractivity contribution in [1.29, 1.82) is 0 Å². The molecule has 7 heteroatoms. The smallest absolute Gasteiger partial charge is 0.256 e. The molecule has 0 aliphatic carbocycles. The minimum atomic E-state index is -0.872. The van der Waals surface area contributed by atoms with Crippen LogP contribution in [0.3, 0.4) is 0 Å². The van der Waals surface area contributed by atoms with Gasteiger partial charge in [-0.05, 0) is 54.7 Å². The van der Waals surface area contributed by atoms with Gasteiger partial charge in [0.25, 0.3) is 5.91 Å². The van der Waals surface area contributed by atoms with Crippen LogP contribution in [0.1, 0.15) is 51.0 Å². The van der Waals surface area contributed by atoms with Crippen molar-refractivity contribution in [3.63, 3.8) is 0 Å². The number of fused-ring (bicyclic) bond motifs is 1. The lowest BCUT2D eigenvalue weighted by molar-refractivity contribution is -0.126. The lowest BCUT2D eigenvalue weighted by atomic mass is 9.78. The average molecular weight is 476 g/mol. The van der Waals surface area contributed by atoms with E-state index in [1.54, 1.807) is 24.4 Å². The Morgan fingerprint density at radius 3 is 2.49 bits per heavy atom. The minimum absolute atomic E-state index is 0.123. The number of aromatic nitrogens is 1. The average Bonchev–Trinajstić information content (AvgIpc) is 2.84. The van der Waals surface area contributed by atoms with Crippen molar-refractivity contribution in [3.8, 4) is 0 Å². The molecule has 0 bridgehead atoms. The van der Waals surface area contributed by atoms with Crippen LogP contribution >= 0.6 is 0 Å². The maximum Gasteiger partial charge on any atom is 0.256 e. The summed E-state index contributed by atoms with van der Waals surface area (Å²) in [6.45, 7) is 6.22. The summed E-state index contributed by atoms with van der Waals surface area (Å²) in [5.74, 6) is -1.74. The van der Waals surface area contributed by atoms with Gasteiger partial charge in [0.2, 0.25) is 5.91 Å². The lowest BCUT2D eigenvalue weighted by Crippen LogP contribution is -2.57. The number of aryl methyl sites for hydroxylation is 2. The van der Waals surface area contributed by atoms with E-state index in [2.05, 4.69) is 16.4 Å². The molecule has 0 saturated heterocycles. The van der Waals surface area contributed by atoms with Crippen LogP contribution in [0.2, 0.25) is 0 Å². The number of benzene rings is 2. The van der Waals surface area contributed by atoms with Crippen LogP contribution in [-0.4, -0.2) is 46.0 Å². The van der Waals surface area contributed by atoms with Gasteiger partial charge >= 0.3 is 0 Å². The first-order valence-corrected chi connectivity index (χ1v) is 11.7. The highest BCUT2D eigenvalue weighted by Crippen LogP contribution is 2.38. The quantitative estimate of drug-likeness (QED) is 0.546. The summed E-state index contributed by atoms with van der Waals surface area (Å²) in [6.07, 6.45) is 3.10. The molecule has 1 aliphatic rings. The van der Waals surface area contributed by atoms with Crippen LogP contribution in [0.25, 0.3) is 0 Å². The first-order valence-electron chi connectivity index (χ1n) is 11.7. The number of aliphatic hydroxyl groups excluding tert-OH is 1. The number of hydrogen-bond donors (Lipinski definition) is 2. The standard InChI is InChI=1S/C28H30FN3O3/c1-17-10-18(2)12-20(11-17)13-31-27(34)26-25(21-4-6-22(29)7-5-21)23-8-9-30-14-24(23)28(35)32(26)15-19(3)16-33/h4-12,14,19,25-26,33H,13,15-16H2,1-3H3,(H,31,34)/t19?,25?,26-/m1/s1. The predicted molar refractivity (Wildman–Crippen MR) is 131 cm³/mol. The molecule has 2 amide bonds. The van der Waals surface area contributed by atoms with Crippen molar-refractivity contribution in [2.45, 2.75) is 39.3 Å². The van der Waals surface area contributed by atoms with Gasteiger partial charge in [0.15, 0.2) is 0 Å². The zero-order chi connectivity index (χ0) is 25.1. The molecule has 0 spiro atoms. The maximum atomic E-state index is 13.8. The van der Waals surface area contributed by atoms with Crippen LogP contribution < -0.4 is 5.32 Å². The third kappa shape index (κ3) is 5.25. The zero-order valence-corrected chi connectivity index (χ0v) is 20.2. The number of nitrogens with zero attached hydrogens (tertiary/aromatic N) is 2. The van der Waals surface area contributed by atoms with E-state index in [0.29, 0.717) is 17.7 Å². The van der Waals surface area contributed by atoms with Crippen LogP contribution in [0.4, 0.5) is 4.39 Å². The zero-order valence-electron chi connectivity index (χ0n) is 20.2. The molecule has 35 heavy (non-hydrogen) atoms. The molecule has 4 rings (SSSR count). The Morgan fingerprint density at radius 2 is 1.83 bits per heavy atom. The van der Waals surface area contributed by atoms with E-state index in [1.807, 2.05) is 32.9 Å². The van der Waals surface area contributed by atoms with E-state index in [4.69, 9.17) is 0 Å². The largest absolute Gasteiger partial charge is 0.396 e. The first-order chi connectivity index (χ1) is 16.8. The fourth-order valence-corrected chi connectivity index (χ4v) is 4.87. The second-order valence-electron chi connectivity index (χ2n) is 9.40. The van der Waals surface area contributed by atoms with Gasteiger partial charge in [0, 0.05) is 38.0 Å². The molecule has 3 aromatic rings. The molecule has 0 radical (unpaired) electrons. The molecule has 0 saturated carbocycles. The molecule has 1 aromatic heterocycles. The van der Waals surface area contributed by atoms with Gasteiger partial charge in [-0.25, -0.2) is 4.39 Å². The van der Waals surface area contributed by atoms with E-state index >= 15 is 0 Å². The van der Waals surface area contributed by atoms with Crippen LogP contribution in [0.15, 0.2) is 60.9 Å². The van der Waals surface area contributed by atoms with E-state index in [-0.39, 0.29) is 36.7 Å². The number of carbonyl (C=O) groups is 2. The normalized spacial score (nSPS) is 18.2. The summed E-state index contributed by atoms with van der Waals surface area (Å²) in [6, 6.07) is 13.0. The van der Waals surface area contributed by atoms with Crippen molar-refractivity contribution in [1.82, 2.24) is 15.2 Å². The van der Waals surface area contributed by atoms with Gasteiger partial charge in [-0.2, -0.15) is 0 Å². The summed E-state index contributed by atoms with van der Waals surface area (Å²) in [5, 5.41) is 12.7. The predicted octanol–water partition coefficient (Wildman–Crippen LogP) is 3.74. The van der Waals surface area contributed by atoms with E-state index < -0.39 is 12.0 Å². The highest BCUT2D eigenvalue weighted by atomic mass is 19.1. The van der Waals surface area contributed by atoms with Gasteiger partial charge < -0.3 is 15.3 Å². The number of nitrogens with one attached hydrogen (secondary N) is 1. The Hall–Kier alpha value is -3.58. The molecule has 2 unspecified atom stereocenters. The van der Waals surface area contributed by atoms with Gasteiger partial charge in [0.05, 0.1) is 5.56 Å². The number of carbonyl (C=O) groups excluding carboxylic acids is 2. The second kappa shape index (κ2) is 10.4. The summed E-state index contributed by atoms with van der Waals surface area (Å²) in [5.41, 5.74) is 4.98. The third-order valence-electron chi connectivity index (χ3n) is 6.40. The van der Waals surface area contributed by atoms with Gasteiger partial charge in [0.1, 0.15) is 11.9 Å². The molecule has 2 aromatic carbocycles. The second-order valence-corrected chi connectivity index (χ2v) is 9.40. The van der Waals surface area contributed by atoms with Crippen LogP contribution in [-0.2, 0) is 11.3 Å². The van der Waals surface area contributed by atoms with Crippen molar-refractivity contribution in [3.05, 3.63) is 100 Å². The fourth-order valence-electron chi connectivity index (χ4n) is 4.87. The van der Waals surface area contributed by atoms with Crippen LogP contribution in [0.5, 0.6) is 0 Å². The topological polar surface area (TPSA) is 82.5 Å². The molecule has 3 atom stereocenters. The van der Waals surface area contributed by atoms with Crippen molar-refractivity contribution in [2.75, 3.05) is 13.2 Å². The highest BCUT2D eigenvalue weighted by molar-refractivity contribution is 6.01. The molecule has 182 valence electrons. The van der Waals surface area contributed by atoms with Crippen molar-refractivity contribution < 1.29 is 19.1 Å². The van der Waals surface area contributed by atoms with E-state index in [9.17, 15) is 19.1 Å². The maximum absolute atomic E-state index is 13.8. The lowest BCUT2D eigenvalue weighted by Gasteiger charge is -2.42. The highest BCUT2D eigenvalue weighted by Gasteiger charge is 2.44. The molecule has 1 aliphatic heterocycles. The Bertz CT molecular complexity index is 1210. The number of amides is 2. The van der Waals surface area contributed by atoms with Crippen molar-refractivity contribution >= 4 is 11.8 Å². The Balaban J connectivity index is 1.76. The Labute approximate surface area is 204 Å². The number of aliphatic hydroxyl groups is 1. The fraction of sp³-hybridized carbons (Fsp3) is 0.321. The van der Waals surface area contributed by atoms with Crippen LogP contribution in [0, 0.1) is 25.6 Å². The molecule has 6 nitrogen and oxygen atoms in total. The van der Waals surface area contributed by atoms with E-state index in [1.165, 1.54) is 23.2 Å². The summed E-state index contributed by atoms with van der Waals surface area (Å²) in [4.78, 5) is 33.0. The monoisotopic (exact) mass is 475 g/mol. The van der Waals surface area contributed by atoms with Gasteiger partial charge in [-0.1, -0.05) is 48.4 Å². The van der Waals surface area contributed by atoms with Gasteiger partial charge in [-0.15, -0.1) is 0 Å². The summed E-state index contributed by atoms with van der Waals surface area (Å²) < 4.78 is 13.8. The molecule has 0 fully saturated rings. The summed E-state index contributed by atoms with van der Waals surface area (Å²) >= 11 is 0. The van der Waals surface area contributed by atoms with Crippen molar-refractivity contribution in [2.24, 2.45) is 5.92 Å².